The van der Waals surface area contributed by atoms with Crippen LogP contribution < -0.4 is 5.32 Å². The number of rotatable bonds is 5. The Kier molecular flexibility index (Phi) is 8.95. The van der Waals surface area contributed by atoms with E-state index >= 15 is 0 Å². The van der Waals surface area contributed by atoms with Gasteiger partial charge in [0.25, 0.3) is 0 Å². The van der Waals surface area contributed by atoms with Crippen molar-refractivity contribution < 1.29 is 17.6 Å². The zero-order valence-corrected chi connectivity index (χ0v) is 19.4. The van der Waals surface area contributed by atoms with Gasteiger partial charge in [-0.3, -0.25) is 4.90 Å². The molecular weight excluding hydrogens is 510 g/mol. The first-order chi connectivity index (χ1) is 13.9. The van der Waals surface area contributed by atoms with E-state index in [4.69, 9.17) is 4.42 Å². The highest BCUT2D eigenvalue weighted by Gasteiger charge is 2.41. The van der Waals surface area contributed by atoms with Crippen LogP contribution in [0.25, 0.3) is 11.3 Å². The summed E-state index contributed by atoms with van der Waals surface area (Å²) in [4.78, 5) is 12.3. The minimum absolute atomic E-state index is 0. The van der Waals surface area contributed by atoms with Crippen molar-refractivity contribution in [2.24, 2.45) is 4.99 Å². The van der Waals surface area contributed by atoms with E-state index in [0.29, 0.717) is 50.3 Å². The van der Waals surface area contributed by atoms with Gasteiger partial charge in [0.1, 0.15) is 12.6 Å². The highest BCUT2D eigenvalue weighted by molar-refractivity contribution is 14.0. The van der Waals surface area contributed by atoms with E-state index in [-0.39, 0.29) is 30.5 Å². The molecular formula is C20H27F3IN5O. The topological polar surface area (TPSA) is 56.9 Å². The van der Waals surface area contributed by atoms with Gasteiger partial charge in [0.05, 0.1) is 6.20 Å². The molecule has 1 unspecified atom stereocenters. The van der Waals surface area contributed by atoms with Crippen LogP contribution in [0.3, 0.4) is 0 Å². The number of aliphatic imine (C=N–C) groups is 1. The average molecular weight is 537 g/mol. The zero-order valence-electron chi connectivity index (χ0n) is 17.0. The van der Waals surface area contributed by atoms with E-state index in [1.807, 2.05) is 42.2 Å². The SMILES string of the molecule is CCNC(=NCc1ncc(-c2ccccc2)o1)N1CCN(C(C)C(F)(F)F)CC1.I. The maximum Gasteiger partial charge on any atom is 0.403 e. The van der Waals surface area contributed by atoms with Crippen LogP contribution in [0.5, 0.6) is 0 Å². The van der Waals surface area contributed by atoms with E-state index < -0.39 is 12.2 Å². The first-order valence-electron chi connectivity index (χ1n) is 9.72. The molecule has 2 heterocycles. The zero-order chi connectivity index (χ0) is 20.9. The van der Waals surface area contributed by atoms with Gasteiger partial charge < -0.3 is 14.6 Å². The monoisotopic (exact) mass is 537 g/mol. The molecule has 0 amide bonds. The van der Waals surface area contributed by atoms with Crippen LogP contribution in [0.4, 0.5) is 13.2 Å². The Morgan fingerprint density at radius 2 is 1.87 bits per heavy atom. The molecule has 0 spiro atoms. The number of benzene rings is 1. The van der Waals surface area contributed by atoms with E-state index in [9.17, 15) is 13.2 Å². The summed E-state index contributed by atoms with van der Waals surface area (Å²) < 4.78 is 44.6. The molecule has 2 aromatic rings. The average Bonchev–Trinajstić information content (AvgIpc) is 3.20. The summed E-state index contributed by atoms with van der Waals surface area (Å²) in [6, 6.07) is 8.24. The van der Waals surface area contributed by atoms with Crippen LogP contribution in [-0.2, 0) is 6.54 Å². The fourth-order valence-corrected chi connectivity index (χ4v) is 3.22. The smallest absolute Gasteiger partial charge is 0.403 e. The minimum atomic E-state index is -4.21. The third-order valence-electron chi connectivity index (χ3n) is 4.95. The number of alkyl halides is 3. The summed E-state index contributed by atoms with van der Waals surface area (Å²) >= 11 is 0. The highest BCUT2D eigenvalue weighted by Crippen LogP contribution is 2.25. The predicted octanol–water partition coefficient (Wildman–Crippen LogP) is 3.99. The number of hydrogen-bond acceptors (Lipinski definition) is 4. The third-order valence-corrected chi connectivity index (χ3v) is 4.95. The largest absolute Gasteiger partial charge is 0.439 e. The van der Waals surface area contributed by atoms with Gasteiger partial charge in [0.15, 0.2) is 11.7 Å². The molecule has 0 aliphatic carbocycles. The maximum absolute atomic E-state index is 12.9. The molecule has 0 saturated carbocycles. The number of nitrogens with one attached hydrogen (secondary N) is 1. The van der Waals surface area contributed by atoms with E-state index in [1.54, 1.807) is 6.20 Å². The molecule has 3 rings (SSSR count). The van der Waals surface area contributed by atoms with Crippen LogP contribution in [-0.4, -0.2) is 65.7 Å². The molecule has 0 radical (unpaired) electrons. The lowest BCUT2D eigenvalue weighted by molar-refractivity contribution is -0.181. The molecule has 1 aromatic carbocycles. The normalized spacial score (nSPS) is 16.8. The molecule has 1 aromatic heterocycles. The van der Waals surface area contributed by atoms with Crippen molar-refractivity contribution in [1.82, 2.24) is 20.1 Å². The Balaban J connectivity index is 0.00000320. The van der Waals surface area contributed by atoms with Crippen LogP contribution in [0.15, 0.2) is 45.9 Å². The summed E-state index contributed by atoms with van der Waals surface area (Å²) in [5, 5.41) is 3.20. The van der Waals surface area contributed by atoms with Gasteiger partial charge >= 0.3 is 6.18 Å². The maximum atomic E-state index is 12.9. The van der Waals surface area contributed by atoms with Gasteiger partial charge in [-0.25, -0.2) is 9.98 Å². The molecule has 10 heteroatoms. The fourth-order valence-electron chi connectivity index (χ4n) is 3.22. The number of nitrogens with zero attached hydrogens (tertiary/aromatic N) is 4. The quantitative estimate of drug-likeness (QED) is 0.355. The second-order valence-electron chi connectivity index (χ2n) is 6.90. The van der Waals surface area contributed by atoms with Gasteiger partial charge in [0.2, 0.25) is 5.89 Å². The lowest BCUT2D eigenvalue weighted by atomic mass is 10.2. The van der Waals surface area contributed by atoms with Crippen molar-refractivity contribution in [3.8, 4) is 11.3 Å². The Morgan fingerprint density at radius 3 is 2.47 bits per heavy atom. The van der Waals surface area contributed by atoms with Gasteiger partial charge in [-0.2, -0.15) is 13.2 Å². The number of hydrogen-bond donors (Lipinski definition) is 1. The summed E-state index contributed by atoms with van der Waals surface area (Å²) in [6.45, 7) is 5.72. The fraction of sp³-hybridized carbons (Fsp3) is 0.500. The molecule has 0 bridgehead atoms. The molecule has 1 fully saturated rings. The van der Waals surface area contributed by atoms with E-state index in [0.717, 1.165) is 5.56 Å². The van der Waals surface area contributed by atoms with Gasteiger partial charge in [-0.1, -0.05) is 30.3 Å². The summed E-state index contributed by atoms with van der Waals surface area (Å²) in [6.07, 6.45) is -2.54. The number of guanidine groups is 1. The van der Waals surface area contributed by atoms with Crippen LogP contribution >= 0.6 is 24.0 Å². The van der Waals surface area contributed by atoms with Crippen molar-refractivity contribution in [2.45, 2.75) is 32.6 Å². The Morgan fingerprint density at radius 1 is 1.20 bits per heavy atom. The lowest BCUT2D eigenvalue weighted by Crippen LogP contribution is -2.56. The summed E-state index contributed by atoms with van der Waals surface area (Å²) in [5.74, 6) is 1.82. The minimum Gasteiger partial charge on any atom is -0.439 e. The van der Waals surface area contributed by atoms with Gasteiger partial charge in [0, 0.05) is 38.3 Å². The van der Waals surface area contributed by atoms with Crippen LogP contribution in [0.2, 0.25) is 0 Å². The Hall–Kier alpha value is -1.82. The summed E-state index contributed by atoms with van der Waals surface area (Å²) in [5.41, 5.74) is 0.942. The van der Waals surface area contributed by atoms with Crippen LogP contribution in [0.1, 0.15) is 19.7 Å². The van der Waals surface area contributed by atoms with Crippen molar-refractivity contribution >= 4 is 29.9 Å². The molecule has 1 N–H and O–H groups in total. The molecule has 6 nitrogen and oxygen atoms in total. The summed E-state index contributed by atoms with van der Waals surface area (Å²) in [7, 11) is 0. The Bertz CT molecular complexity index is 804. The molecule has 1 saturated heterocycles. The second-order valence-corrected chi connectivity index (χ2v) is 6.90. The van der Waals surface area contributed by atoms with Crippen molar-refractivity contribution in [1.29, 1.82) is 0 Å². The predicted molar refractivity (Wildman–Crippen MR) is 121 cm³/mol. The Labute approximate surface area is 191 Å². The first-order valence-corrected chi connectivity index (χ1v) is 9.72. The van der Waals surface area contributed by atoms with E-state index in [1.165, 1.54) is 11.8 Å². The standard InChI is InChI=1S/C20H26F3N5O.HI/c1-3-24-19(28-11-9-27(10-12-28)15(2)20(21,22)23)26-14-18-25-13-17(29-18)16-7-5-4-6-8-16;/h4-8,13,15H,3,9-12,14H2,1-2H3,(H,24,26);1H. The third kappa shape index (κ3) is 6.34. The molecule has 30 heavy (non-hydrogen) atoms. The number of aromatic nitrogens is 1. The van der Waals surface area contributed by atoms with Gasteiger partial charge in [-0.15, -0.1) is 24.0 Å². The van der Waals surface area contributed by atoms with Crippen LogP contribution in [0, 0.1) is 0 Å². The number of oxazole rings is 1. The lowest BCUT2D eigenvalue weighted by Gasteiger charge is -2.39. The van der Waals surface area contributed by atoms with E-state index in [2.05, 4.69) is 15.3 Å². The number of halogens is 4. The molecule has 1 atom stereocenters. The van der Waals surface area contributed by atoms with Crippen molar-refractivity contribution in [3.63, 3.8) is 0 Å². The van der Waals surface area contributed by atoms with Crippen molar-refractivity contribution in [3.05, 3.63) is 42.4 Å². The first kappa shape index (κ1) is 24.4. The second kappa shape index (κ2) is 11.0. The molecule has 1 aliphatic rings. The van der Waals surface area contributed by atoms with Gasteiger partial charge in [-0.05, 0) is 13.8 Å². The molecule has 1 aliphatic heterocycles. The highest BCUT2D eigenvalue weighted by atomic mass is 127. The van der Waals surface area contributed by atoms with Crippen molar-refractivity contribution in [2.75, 3.05) is 32.7 Å². The number of piperazine rings is 1. The molecule has 166 valence electrons.